The lowest BCUT2D eigenvalue weighted by atomic mass is 10.2. The molecule has 6 nitrogen and oxygen atoms in total. The van der Waals surface area contributed by atoms with Gasteiger partial charge in [-0.2, -0.15) is 0 Å². The van der Waals surface area contributed by atoms with Crippen LogP contribution in [0.1, 0.15) is 18.0 Å². The van der Waals surface area contributed by atoms with Gasteiger partial charge in [0, 0.05) is 16.6 Å². The number of carbonyl (C=O) groups is 1. The number of aromatic nitrogens is 1. The molecule has 0 saturated carbocycles. The number of likely N-dealkylation sites (N-methyl/N-ethyl adjacent to an activating group) is 1. The third kappa shape index (κ3) is 3.99. The maximum absolute atomic E-state index is 12.6. The number of halogens is 1. The fourth-order valence-electron chi connectivity index (χ4n) is 2.97. The van der Waals surface area contributed by atoms with E-state index in [0.29, 0.717) is 30.4 Å². The summed E-state index contributed by atoms with van der Waals surface area (Å²) in [6.45, 7) is 3.34. The number of nitrogens with zero attached hydrogens (tertiary/aromatic N) is 2. The second kappa shape index (κ2) is 8.06. The van der Waals surface area contributed by atoms with Crippen LogP contribution in [0.15, 0.2) is 40.9 Å². The Labute approximate surface area is 175 Å². The number of anilines is 1. The van der Waals surface area contributed by atoms with Gasteiger partial charge in [-0.1, -0.05) is 12.1 Å². The lowest BCUT2D eigenvalue weighted by Crippen LogP contribution is -2.32. The summed E-state index contributed by atoms with van der Waals surface area (Å²) in [5.41, 5.74) is 1.66. The third-order valence-corrected chi connectivity index (χ3v) is 6.49. The molecular formula is C20H20BrN3O3S. The Morgan fingerprint density at radius 3 is 2.75 bits per heavy atom. The molecule has 1 aromatic heterocycles. The Hall–Kier alpha value is -2.16. The second-order valence-electron chi connectivity index (χ2n) is 6.63. The van der Waals surface area contributed by atoms with Crippen molar-refractivity contribution in [2.45, 2.75) is 13.0 Å². The molecule has 8 heteroatoms. The maximum Gasteiger partial charge on any atom is 0.238 e. The molecular weight excluding hydrogens is 442 g/mol. The van der Waals surface area contributed by atoms with Crippen molar-refractivity contribution >= 4 is 49.1 Å². The van der Waals surface area contributed by atoms with E-state index in [1.165, 1.54) is 0 Å². The van der Waals surface area contributed by atoms with Crippen molar-refractivity contribution in [2.24, 2.45) is 0 Å². The van der Waals surface area contributed by atoms with Gasteiger partial charge in [-0.05, 0) is 42.0 Å². The van der Waals surface area contributed by atoms with Crippen molar-refractivity contribution in [1.29, 1.82) is 0 Å². The van der Waals surface area contributed by atoms with E-state index in [9.17, 15) is 4.79 Å². The van der Waals surface area contributed by atoms with Crippen LogP contribution >= 0.6 is 27.3 Å². The molecule has 0 spiro atoms. The number of nitrogens with one attached hydrogen (secondary N) is 1. The summed E-state index contributed by atoms with van der Waals surface area (Å²) in [7, 11) is 1.93. The minimum Gasteiger partial charge on any atom is -0.486 e. The zero-order valence-corrected chi connectivity index (χ0v) is 18.0. The summed E-state index contributed by atoms with van der Waals surface area (Å²) in [5, 5.41) is 3.94. The molecule has 1 atom stereocenters. The highest BCUT2D eigenvalue weighted by molar-refractivity contribution is 9.10. The molecule has 4 rings (SSSR count). The highest BCUT2D eigenvalue weighted by Crippen LogP contribution is 2.38. The Morgan fingerprint density at radius 2 is 2.00 bits per heavy atom. The number of hydrogen-bond donors (Lipinski definition) is 1. The van der Waals surface area contributed by atoms with E-state index in [2.05, 4.69) is 34.2 Å². The number of carbonyl (C=O) groups excluding carboxylic acids is 1. The number of hydrogen-bond acceptors (Lipinski definition) is 6. The van der Waals surface area contributed by atoms with Gasteiger partial charge in [-0.15, -0.1) is 11.3 Å². The fraction of sp³-hybridized carbons (Fsp3) is 0.300. The van der Waals surface area contributed by atoms with Crippen molar-refractivity contribution in [1.82, 2.24) is 9.88 Å². The number of thiazole rings is 1. The van der Waals surface area contributed by atoms with E-state index in [4.69, 9.17) is 14.5 Å². The first-order valence-corrected chi connectivity index (χ1v) is 10.6. The highest BCUT2D eigenvalue weighted by Gasteiger charge is 2.20. The standard InChI is InChI=1S/C20H20BrN3O3S/c1-12(20-23-14-5-3-4-6-18(14)28-20)24(2)11-19(25)22-15-10-17-16(9-13(15)21)26-7-8-27-17/h3-6,9-10,12H,7-8,11H2,1-2H3,(H,22,25)/t12-/m1/s1. The van der Waals surface area contributed by atoms with Crippen LogP contribution in [0, 0.1) is 0 Å². The van der Waals surface area contributed by atoms with Gasteiger partial charge in [0.25, 0.3) is 0 Å². The van der Waals surface area contributed by atoms with E-state index < -0.39 is 0 Å². The topological polar surface area (TPSA) is 63.7 Å². The summed E-state index contributed by atoms with van der Waals surface area (Å²) in [6, 6.07) is 11.7. The van der Waals surface area contributed by atoms with Crippen LogP contribution in [0.25, 0.3) is 10.2 Å². The maximum atomic E-state index is 12.6. The molecule has 0 saturated heterocycles. The first-order valence-electron chi connectivity index (χ1n) is 8.96. The molecule has 146 valence electrons. The van der Waals surface area contributed by atoms with Crippen LogP contribution in [0.5, 0.6) is 11.5 Å². The zero-order valence-electron chi connectivity index (χ0n) is 15.6. The quantitative estimate of drug-likeness (QED) is 0.607. The molecule has 0 bridgehead atoms. The summed E-state index contributed by atoms with van der Waals surface area (Å²) in [5.74, 6) is 1.21. The number of ether oxygens (including phenoxy) is 2. The number of para-hydroxylation sites is 1. The molecule has 0 fully saturated rings. The minimum atomic E-state index is -0.104. The summed E-state index contributed by atoms with van der Waals surface area (Å²) < 4.78 is 13.1. The fourth-order valence-corrected chi connectivity index (χ4v) is 4.48. The van der Waals surface area contributed by atoms with E-state index in [-0.39, 0.29) is 18.5 Å². The van der Waals surface area contributed by atoms with Crippen molar-refractivity contribution in [3.63, 3.8) is 0 Å². The smallest absolute Gasteiger partial charge is 0.238 e. The number of fused-ring (bicyclic) bond motifs is 2. The van der Waals surface area contributed by atoms with Crippen LogP contribution < -0.4 is 14.8 Å². The van der Waals surface area contributed by atoms with E-state index >= 15 is 0 Å². The van der Waals surface area contributed by atoms with Crippen LogP contribution in [0.3, 0.4) is 0 Å². The monoisotopic (exact) mass is 461 g/mol. The molecule has 1 aliphatic rings. The molecule has 0 aliphatic carbocycles. The first kappa shape index (κ1) is 19.2. The Morgan fingerprint density at radius 1 is 1.29 bits per heavy atom. The molecule has 2 heterocycles. The van der Waals surface area contributed by atoms with E-state index in [0.717, 1.165) is 19.7 Å². The molecule has 1 amide bonds. The van der Waals surface area contributed by atoms with Gasteiger partial charge in [-0.3, -0.25) is 9.69 Å². The molecule has 0 unspecified atom stereocenters. The third-order valence-electron chi connectivity index (χ3n) is 4.63. The average molecular weight is 462 g/mol. The lowest BCUT2D eigenvalue weighted by molar-refractivity contribution is -0.117. The van der Waals surface area contributed by atoms with Crippen LogP contribution in [0.2, 0.25) is 0 Å². The lowest BCUT2D eigenvalue weighted by Gasteiger charge is -2.23. The van der Waals surface area contributed by atoms with Gasteiger partial charge in [-0.25, -0.2) is 4.98 Å². The number of amides is 1. The van der Waals surface area contributed by atoms with Gasteiger partial charge < -0.3 is 14.8 Å². The molecule has 1 N–H and O–H groups in total. The average Bonchev–Trinajstić information content (AvgIpc) is 3.12. The van der Waals surface area contributed by atoms with E-state index in [1.807, 2.05) is 36.2 Å². The Balaban J connectivity index is 1.43. The molecule has 1 aliphatic heterocycles. The second-order valence-corrected chi connectivity index (χ2v) is 8.55. The van der Waals surface area contributed by atoms with Gasteiger partial charge in [0.2, 0.25) is 5.91 Å². The van der Waals surface area contributed by atoms with Crippen LogP contribution in [0.4, 0.5) is 5.69 Å². The summed E-state index contributed by atoms with van der Waals surface area (Å²) >= 11 is 5.14. The SMILES string of the molecule is C[C@H](c1nc2ccccc2s1)N(C)CC(=O)Nc1cc2c(cc1Br)OCCO2. The highest BCUT2D eigenvalue weighted by atomic mass is 79.9. The van der Waals surface area contributed by atoms with Crippen molar-refractivity contribution in [3.8, 4) is 11.5 Å². The van der Waals surface area contributed by atoms with Crippen LogP contribution in [-0.2, 0) is 4.79 Å². The normalized spacial score (nSPS) is 14.3. The molecule has 2 aromatic carbocycles. The van der Waals surface area contributed by atoms with Gasteiger partial charge >= 0.3 is 0 Å². The Bertz CT molecular complexity index is 990. The minimum absolute atomic E-state index is 0.0341. The Kier molecular flexibility index (Phi) is 5.52. The number of rotatable bonds is 5. The predicted molar refractivity (Wildman–Crippen MR) is 114 cm³/mol. The summed E-state index contributed by atoms with van der Waals surface area (Å²) in [4.78, 5) is 19.3. The molecule has 3 aromatic rings. The molecule has 28 heavy (non-hydrogen) atoms. The largest absolute Gasteiger partial charge is 0.486 e. The first-order chi connectivity index (χ1) is 13.5. The van der Waals surface area contributed by atoms with Crippen molar-refractivity contribution in [2.75, 3.05) is 32.1 Å². The van der Waals surface area contributed by atoms with Gasteiger partial charge in [0.15, 0.2) is 11.5 Å². The van der Waals surface area contributed by atoms with Crippen LogP contribution in [-0.4, -0.2) is 42.6 Å². The zero-order chi connectivity index (χ0) is 19.7. The number of benzene rings is 2. The van der Waals surface area contributed by atoms with Gasteiger partial charge in [0.05, 0.1) is 28.5 Å². The van der Waals surface area contributed by atoms with Crippen molar-refractivity contribution < 1.29 is 14.3 Å². The van der Waals surface area contributed by atoms with E-state index in [1.54, 1.807) is 17.4 Å². The molecule has 0 radical (unpaired) electrons. The summed E-state index contributed by atoms with van der Waals surface area (Å²) in [6.07, 6.45) is 0. The predicted octanol–water partition coefficient (Wildman–Crippen LogP) is 4.46. The van der Waals surface area contributed by atoms with Crippen molar-refractivity contribution in [3.05, 3.63) is 45.9 Å². The van der Waals surface area contributed by atoms with Gasteiger partial charge in [0.1, 0.15) is 18.2 Å².